The summed E-state index contributed by atoms with van der Waals surface area (Å²) in [6.45, 7) is 4.51. The number of aliphatic hydroxyl groups is 3. The lowest BCUT2D eigenvalue weighted by Gasteiger charge is -2.61. The topological polar surface area (TPSA) is 79.2 Å². The Morgan fingerprint density at radius 1 is 1.25 bits per heavy atom. The van der Waals surface area contributed by atoms with Crippen LogP contribution in [-0.4, -0.2) is 54.1 Å². The van der Waals surface area contributed by atoms with E-state index < -0.39 is 11.5 Å². The van der Waals surface area contributed by atoms with Gasteiger partial charge >= 0.3 is 0 Å². The number of hydrogen-bond acceptors (Lipinski definition) is 5. The van der Waals surface area contributed by atoms with Gasteiger partial charge in [0.25, 0.3) is 0 Å². The van der Waals surface area contributed by atoms with Crippen LogP contribution in [0.25, 0.3) is 0 Å². The minimum atomic E-state index is -0.495. The van der Waals surface area contributed by atoms with E-state index in [1.165, 1.54) is 5.57 Å². The normalized spacial score (nSPS) is 49.0. The fraction of sp³-hybridized carbons (Fsp3) is 0.913. The first-order valence-corrected chi connectivity index (χ1v) is 11.2. The largest absolute Gasteiger partial charge is 0.395 e. The minimum absolute atomic E-state index is 0.00554. The minimum Gasteiger partial charge on any atom is -0.395 e. The van der Waals surface area contributed by atoms with E-state index in [2.05, 4.69) is 13.0 Å². The van der Waals surface area contributed by atoms with Crippen LogP contribution in [-0.2, 0) is 9.47 Å². The van der Waals surface area contributed by atoms with Crippen molar-refractivity contribution in [3.05, 3.63) is 11.6 Å². The highest BCUT2D eigenvalue weighted by Crippen LogP contribution is 2.66. The molecule has 4 aliphatic rings. The van der Waals surface area contributed by atoms with Crippen molar-refractivity contribution in [1.29, 1.82) is 0 Å². The van der Waals surface area contributed by atoms with Crippen LogP contribution in [0.4, 0.5) is 0 Å². The highest BCUT2D eigenvalue weighted by atomic mass is 16.7. The smallest absolute Gasteiger partial charge is 0.146 e. The van der Waals surface area contributed by atoms with E-state index in [0.29, 0.717) is 17.8 Å². The maximum Gasteiger partial charge on any atom is 0.146 e. The molecule has 4 rings (SSSR count). The second-order valence-corrected chi connectivity index (χ2v) is 10.2. The van der Waals surface area contributed by atoms with E-state index >= 15 is 0 Å². The second kappa shape index (κ2) is 7.66. The van der Waals surface area contributed by atoms with Crippen LogP contribution in [0.15, 0.2) is 11.6 Å². The Balaban J connectivity index is 1.72. The monoisotopic (exact) mass is 394 g/mol. The lowest BCUT2D eigenvalue weighted by Crippen LogP contribution is -2.59. The Labute approximate surface area is 169 Å². The molecule has 0 aromatic carbocycles. The molecule has 5 heteroatoms. The van der Waals surface area contributed by atoms with E-state index in [9.17, 15) is 15.3 Å². The van der Waals surface area contributed by atoms with E-state index in [0.717, 1.165) is 44.9 Å². The highest BCUT2D eigenvalue weighted by Gasteiger charge is 2.63. The fourth-order valence-corrected chi connectivity index (χ4v) is 7.72. The molecule has 0 amide bonds. The van der Waals surface area contributed by atoms with Gasteiger partial charge in [-0.15, -0.1) is 0 Å². The summed E-state index contributed by atoms with van der Waals surface area (Å²) in [5.41, 5.74) is 1.05. The van der Waals surface area contributed by atoms with Crippen molar-refractivity contribution in [2.45, 2.75) is 77.1 Å². The van der Waals surface area contributed by atoms with Gasteiger partial charge in [-0.3, -0.25) is 0 Å². The van der Waals surface area contributed by atoms with Crippen LogP contribution in [0, 0.1) is 34.5 Å². The Kier molecular flexibility index (Phi) is 5.69. The summed E-state index contributed by atoms with van der Waals surface area (Å²) in [7, 11) is 1.63. The van der Waals surface area contributed by atoms with E-state index in [-0.39, 0.29) is 36.9 Å². The molecule has 9 atom stereocenters. The molecule has 3 saturated carbocycles. The van der Waals surface area contributed by atoms with Crippen LogP contribution in [0.5, 0.6) is 0 Å². The van der Waals surface area contributed by atoms with Gasteiger partial charge in [0.15, 0.2) is 0 Å². The molecule has 0 bridgehead atoms. The van der Waals surface area contributed by atoms with Gasteiger partial charge in [-0.2, -0.15) is 0 Å². The zero-order valence-corrected chi connectivity index (χ0v) is 17.6. The molecule has 0 aliphatic heterocycles. The molecule has 4 aliphatic carbocycles. The van der Waals surface area contributed by atoms with Gasteiger partial charge in [-0.25, -0.2) is 0 Å². The summed E-state index contributed by atoms with van der Waals surface area (Å²) in [6, 6.07) is 0. The van der Waals surface area contributed by atoms with Crippen molar-refractivity contribution in [3.63, 3.8) is 0 Å². The van der Waals surface area contributed by atoms with Crippen molar-refractivity contribution >= 4 is 0 Å². The Hall–Kier alpha value is -0.460. The van der Waals surface area contributed by atoms with Crippen molar-refractivity contribution in [3.8, 4) is 0 Å². The Morgan fingerprint density at radius 3 is 2.71 bits per heavy atom. The molecule has 0 spiro atoms. The molecule has 5 nitrogen and oxygen atoms in total. The zero-order valence-electron chi connectivity index (χ0n) is 17.6. The molecular formula is C23H38O5. The average molecular weight is 395 g/mol. The van der Waals surface area contributed by atoms with Gasteiger partial charge in [-0.05, 0) is 75.0 Å². The van der Waals surface area contributed by atoms with Crippen LogP contribution >= 0.6 is 0 Å². The Morgan fingerprint density at radius 2 is 2.04 bits per heavy atom. The van der Waals surface area contributed by atoms with Crippen LogP contribution in [0.1, 0.15) is 58.8 Å². The summed E-state index contributed by atoms with van der Waals surface area (Å²) >= 11 is 0. The number of methoxy groups -OCH3 is 1. The summed E-state index contributed by atoms with van der Waals surface area (Å²) in [6.07, 6.45) is 8.39. The third kappa shape index (κ3) is 2.92. The lowest BCUT2D eigenvalue weighted by molar-refractivity contribution is -0.187. The standard InChI is InChI=1S/C23H38O5/c1-14(25)18-6-7-19-17-5-4-15-10-16(26)8-9-22(15,2)20(17)11-21(28-13-27-3)23(18,19)12-24/h7,14-18,20-21,24-26H,4-6,8-13H2,1-3H3/t14-,15-,16-,17-,18+,20-,21+,22-,23+/m0/s1. The molecule has 0 saturated heterocycles. The zero-order chi connectivity index (χ0) is 20.1. The molecule has 0 aromatic rings. The molecule has 0 heterocycles. The maximum atomic E-state index is 10.7. The molecule has 3 N–H and O–H groups in total. The number of allylic oxidation sites excluding steroid dienone is 1. The predicted octanol–water partition coefficient (Wildman–Crippen LogP) is 2.88. The summed E-state index contributed by atoms with van der Waals surface area (Å²) < 4.78 is 11.5. The third-order valence-corrected chi connectivity index (χ3v) is 9.13. The molecule has 28 heavy (non-hydrogen) atoms. The molecule has 0 unspecified atom stereocenters. The van der Waals surface area contributed by atoms with Crippen LogP contribution < -0.4 is 0 Å². The van der Waals surface area contributed by atoms with Crippen molar-refractivity contribution in [2.24, 2.45) is 34.5 Å². The average Bonchev–Trinajstić information content (AvgIpc) is 3.08. The van der Waals surface area contributed by atoms with Gasteiger partial charge in [0.05, 0.1) is 24.9 Å². The summed E-state index contributed by atoms with van der Waals surface area (Å²) in [5.74, 6) is 1.51. The lowest BCUT2D eigenvalue weighted by atomic mass is 9.45. The van der Waals surface area contributed by atoms with Crippen LogP contribution in [0.2, 0.25) is 0 Å². The first-order chi connectivity index (χ1) is 13.4. The SMILES string of the molecule is COCO[C@@H]1C[C@H]2[C@@H](CC[C@H]3C[C@@H](O)CC[C@@]32C)C2=CC[C@H]([C@H](C)O)[C@]21CO. The quantitative estimate of drug-likeness (QED) is 0.494. The molecular weight excluding hydrogens is 356 g/mol. The number of fused-ring (bicyclic) bond motifs is 5. The molecule has 0 radical (unpaired) electrons. The van der Waals surface area contributed by atoms with Crippen LogP contribution in [0.3, 0.4) is 0 Å². The second-order valence-electron chi connectivity index (χ2n) is 10.2. The molecule has 3 fully saturated rings. The van der Waals surface area contributed by atoms with Gasteiger partial charge in [-0.1, -0.05) is 18.6 Å². The number of rotatable bonds is 5. The molecule has 0 aromatic heterocycles. The maximum absolute atomic E-state index is 10.7. The number of ether oxygens (including phenoxy) is 2. The first kappa shape index (κ1) is 20.8. The van der Waals surface area contributed by atoms with E-state index in [4.69, 9.17) is 9.47 Å². The first-order valence-electron chi connectivity index (χ1n) is 11.2. The van der Waals surface area contributed by atoms with Gasteiger partial charge < -0.3 is 24.8 Å². The van der Waals surface area contributed by atoms with Gasteiger partial charge in [0, 0.05) is 18.4 Å². The van der Waals surface area contributed by atoms with Crippen molar-refractivity contribution in [1.82, 2.24) is 0 Å². The number of aliphatic hydroxyl groups excluding tert-OH is 3. The Bertz CT molecular complexity index is 604. The number of hydrogen-bond donors (Lipinski definition) is 3. The fourth-order valence-electron chi connectivity index (χ4n) is 7.72. The van der Waals surface area contributed by atoms with Gasteiger partial charge in [0.1, 0.15) is 6.79 Å². The predicted molar refractivity (Wildman–Crippen MR) is 106 cm³/mol. The molecule has 160 valence electrons. The van der Waals surface area contributed by atoms with E-state index in [1.807, 2.05) is 6.92 Å². The highest BCUT2D eigenvalue weighted by molar-refractivity contribution is 5.33. The van der Waals surface area contributed by atoms with E-state index in [1.54, 1.807) is 7.11 Å². The van der Waals surface area contributed by atoms with Crippen molar-refractivity contribution in [2.75, 3.05) is 20.5 Å². The summed E-state index contributed by atoms with van der Waals surface area (Å²) in [5, 5.41) is 31.4. The summed E-state index contributed by atoms with van der Waals surface area (Å²) in [4.78, 5) is 0. The third-order valence-electron chi connectivity index (χ3n) is 9.13. The van der Waals surface area contributed by atoms with Gasteiger partial charge in [0.2, 0.25) is 0 Å². The van der Waals surface area contributed by atoms with Crippen molar-refractivity contribution < 1.29 is 24.8 Å².